The summed E-state index contributed by atoms with van der Waals surface area (Å²) in [4.78, 5) is 15.2. The zero-order chi connectivity index (χ0) is 20.4. The van der Waals surface area contributed by atoms with E-state index in [1.165, 1.54) is 6.26 Å². The van der Waals surface area contributed by atoms with Crippen LogP contribution in [0.5, 0.6) is 5.75 Å². The number of nitrogens with one attached hydrogen (secondary N) is 1. The first-order chi connectivity index (χ1) is 13.2. The highest BCUT2D eigenvalue weighted by Crippen LogP contribution is 2.50. The minimum absolute atomic E-state index is 0.150. The summed E-state index contributed by atoms with van der Waals surface area (Å²) >= 11 is 0. The summed E-state index contributed by atoms with van der Waals surface area (Å²) < 4.78 is 36.9. The van der Waals surface area contributed by atoms with Gasteiger partial charge in [0.25, 0.3) is 0 Å². The SMILES string of the molecule is COCCC1(NS(C)(=O)=O)CCN(C(=O)C2(c3ccc(OC)cc3)CC2)CC1. The molecule has 156 valence electrons. The van der Waals surface area contributed by atoms with Crippen LogP contribution in [0.1, 0.15) is 37.7 Å². The molecule has 1 aliphatic heterocycles. The topological polar surface area (TPSA) is 84.9 Å². The van der Waals surface area contributed by atoms with Gasteiger partial charge >= 0.3 is 0 Å². The lowest BCUT2D eigenvalue weighted by atomic mass is 9.84. The molecular weight excluding hydrogens is 380 g/mol. The lowest BCUT2D eigenvalue weighted by molar-refractivity contribution is -0.135. The van der Waals surface area contributed by atoms with Gasteiger partial charge in [0.2, 0.25) is 15.9 Å². The molecule has 0 aromatic heterocycles. The van der Waals surface area contributed by atoms with Crippen LogP contribution in [0, 0.1) is 0 Å². The Morgan fingerprint density at radius 2 is 1.71 bits per heavy atom. The Kier molecular flexibility index (Phi) is 6.03. The van der Waals surface area contributed by atoms with Crippen molar-refractivity contribution in [1.82, 2.24) is 9.62 Å². The van der Waals surface area contributed by atoms with Gasteiger partial charge in [-0.3, -0.25) is 4.79 Å². The van der Waals surface area contributed by atoms with Gasteiger partial charge in [0.15, 0.2) is 0 Å². The summed E-state index contributed by atoms with van der Waals surface area (Å²) in [5.41, 5.74) is 0.0593. The molecule has 2 aliphatic rings. The number of likely N-dealkylation sites (tertiary alicyclic amines) is 1. The van der Waals surface area contributed by atoms with Crippen molar-refractivity contribution in [2.24, 2.45) is 0 Å². The van der Waals surface area contributed by atoms with E-state index < -0.39 is 21.0 Å². The van der Waals surface area contributed by atoms with Crippen LogP contribution >= 0.6 is 0 Å². The zero-order valence-electron chi connectivity index (χ0n) is 16.9. The number of piperidine rings is 1. The molecule has 1 amide bonds. The highest BCUT2D eigenvalue weighted by molar-refractivity contribution is 7.88. The van der Waals surface area contributed by atoms with E-state index in [0.29, 0.717) is 39.0 Å². The van der Waals surface area contributed by atoms with Gasteiger partial charge in [0, 0.05) is 32.3 Å². The van der Waals surface area contributed by atoms with Gasteiger partial charge in [-0.25, -0.2) is 13.1 Å². The number of hydrogen-bond donors (Lipinski definition) is 1. The first-order valence-electron chi connectivity index (χ1n) is 9.65. The Morgan fingerprint density at radius 3 is 2.18 bits per heavy atom. The number of hydrogen-bond acceptors (Lipinski definition) is 5. The second kappa shape index (κ2) is 8.00. The summed E-state index contributed by atoms with van der Waals surface area (Å²) in [7, 11) is -0.101. The lowest BCUT2D eigenvalue weighted by Crippen LogP contribution is -2.57. The quantitative estimate of drug-likeness (QED) is 0.705. The predicted molar refractivity (Wildman–Crippen MR) is 107 cm³/mol. The Bertz CT molecular complexity index is 794. The molecule has 0 unspecified atom stereocenters. The molecule has 1 N–H and O–H groups in total. The lowest BCUT2D eigenvalue weighted by Gasteiger charge is -2.42. The predicted octanol–water partition coefficient (Wildman–Crippen LogP) is 1.67. The van der Waals surface area contributed by atoms with Crippen LogP contribution in [0.3, 0.4) is 0 Å². The van der Waals surface area contributed by atoms with E-state index in [4.69, 9.17) is 9.47 Å². The van der Waals surface area contributed by atoms with Crippen LogP contribution in [0.4, 0.5) is 0 Å². The number of carbonyl (C=O) groups excluding carboxylic acids is 1. The average Bonchev–Trinajstić information content (AvgIpc) is 3.47. The number of ether oxygens (including phenoxy) is 2. The third-order valence-corrected chi connectivity index (χ3v) is 6.80. The van der Waals surface area contributed by atoms with Crippen LogP contribution in [0.2, 0.25) is 0 Å². The number of benzene rings is 1. The smallest absolute Gasteiger partial charge is 0.233 e. The molecule has 1 aromatic rings. The Labute approximate surface area is 167 Å². The summed E-state index contributed by atoms with van der Waals surface area (Å²) in [6, 6.07) is 7.74. The molecule has 0 radical (unpaired) electrons. The fourth-order valence-corrected chi connectivity index (χ4v) is 5.29. The van der Waals surface area contributed by atoms with Crippen molar-refractivity contribution >= 4 is 15.9 Å². The van der Waals surface area contributed by atoms with E-state index in [9.17, 15) is 13.2 Å². The molecule has 0 atom stereocenters. The van der Waals surface area contributed by atoms with E-state index in [2.05, 4.69) is 4.72 Å². The van der Waals surface area contributed by atoms with Gasteiger partial charge < -0.3 is 14.4 Å². The average molecular weight is 411 g/mol. The monoisotopic (exact) mass is 410 g/mol. The summed E-state index contributed by atoms with van der Waals surface area (Å²) in [5.74, 6) is 0.928. The van der Waals surface area contributed by atoms with Gasteiger partial charge in [-0.2, -0.15) is 0 Å². The second-order valence-corrected chi connectivity index (χ2v) is 9.75. The molecule has 8 heteroatoms. The Balaban J connectivity index is 1.69. The number of nitrogens with zero attached hydrogens (tertiary/aromatic N) is 1. The van der Waals surface area contributed by atoms with E-state index in [0.717, 1.165) is 24.2 Å². The van der Waals surface area contributed by atoms with Crippen LogP contribution in [0.25, 0.3) is 0 Å². The maximum Gasteiger partial charge on any atom is 0.233 e. The van der Waals surface area contributed by atoms with E-state index >= 15 is 0 Å². The fraction of sp³-hybridized carbons (Fsp3) is 0.650. The van der Waals surface area contributed by atoms with Gasteiger partial charge in [-0.05, 0) is 49.8 Å². The minimum Gasteiger partial charge on any atom is -0.497 e. The van der Waals surface area contributed by atoms with Crippen LogP contribution in [-0.2, 0) is 25.0 Å². The van der Waals surface area contributed by atoms with Gasteiger partial charge in [-0.1, -0.05) is 12.1 Å². The van der Waals surface area contributed by atoms with Crippen molar-refractivity contribution < 1.29 is 22.7 Å². The Morgan fingerprint density at radius 1 is 1.11 bits per heavy atom. The maximum absolute atomic E-state index is 13.3. The zero-order valence-corrected chi connectivity index (χ0v) is 17.7. The molecule has 0 bridgehead atoms. The summed E-state index contributed by atoms with van der Waals surface area (Å²) in [6.07, 6.45) is 4.67. The second-order valence-electron chi connectivity index (χ2n) is 8.00. The number of rotatable bonds is 8. The van der Waals surface area contributed by atoms with Crippen LogP contribution < -0.4 is 9.46 Å². The number of sulfonamides is 1. The highest BCUT2D eigenvalue weighted by Gasteiger charge is 2.54. The van der Waals surface area contributed by atoms with Crippen molar-refractivity contribution in [3.63, 3.8) is 0 Å². The normalized spacial score (nSPS) is 20.6. The first kappa shape index (κ1) is 21.1. The molecule has 3 rings (SSSR count). The highest BCUT2D eigenvalue weighted by atomic mass is 32.2. The molecule has 2 fully saturated rings. The maximum atomic E-state index is 13.3. The fourth-order valence-electron chi connectivity index (χ4n) is 4.20. The third-order valence-electron chi connectivity index (χ3n) is 6.00. The standard InChI is InChI=1S/C20H30N2O5S/c1-26-15-12-19(21-28(3,24)25)10-13-22(14-11-19)18(23)20(8-9-20)16-4-6-17(27-2)7-5-16/h4-7,21H,8-15H2,1-3H3. The van der Waals surface area contributed by atoms with Crippen molar-refractivity contribution in [3.05, 3.63) is 29.8 Å². The minimum atomic E-state index is -3.34. The third kappa shape index (κ3) is 4.50. The van der Waals surface area contributed by atoms with E-state index in [1.807, 2.05) is 29.2 Å². The summed E-state index contributed by atoms with van der Waals surface area (Å²) in [5, 5.41) is 0. The van der Waals surface area contributed by atoms with Gasteiger partial charge in [0.1, 0.15) is 5.75 Å². The van der Waals surface area contributed by atoms with Crippen LogP contribution in [0.15, 0.2) is 24.3 Å². The first-order valence-corrected chi connectivity index (χ1v) is 11.5. The largest absolute Gasteiger partial charge is 0.497 e. The molecule has 28 heavy (non-hydrogen) atoms. The molecule has 1 saturated heterocycles. The molecule has 1 aliphatic carbocycles. The molecule has 7 nitrogen and oxygen atoms in total. The van der Waals surface area contributed by atoms with E-state index in [1.54, 1.807) is 14.2 Å². The Hall–Kier alpha value is -1.64. The van der Waals surface area contributed by atoms with Crippen LogP contribution in [-0.4, -0.2) is 64.9 Å². The molecule has 1 aromatic carbocycles. The molecular formula is C20H30N2O5S. The van der Waals surface area contributed by atoms with Gasteiger partial charge in [0.05, 0.1) is 18.8 Å². The molecule has 0 spiro atoms. The molecule has 1 heterocycles. The van der Waals surface area contributed by atoms with Crippen molar-refractivity contribution in [1.29, 1.82) is 0 Å². The van der Waals surface area contributed by atoms with Crippen molar-refractivity contribution in [3.8, 4) is 5.75 Å². The number of amides is 1. The number of carbonyl (C=O) groups is 1. The summed E-state index contributed by atoms with van der Waals surface area (Å²) in [6.45, 7) is 1.57. The van der Waals surface area contributed by atoms with Gasteiger partial charge in [-0.15, -0.1) is 0 Å². The van der Waals surface area contributed by atoms with Crippen molar-refractivity contribution in [2.45, 2.75) is 43.1 Å². The number of methoxy groups -OCH3 is 2. The molecule has 1 saturated carbocycles. The van der Waals surface area contributed by atoms with E-state index in [-0.39, 0.29) is 5.91 Å². The van der Waals surface area contributed by atoms with Crippen molar-refractivity contribution in [2.75, 3.05) is 40.2 Å².